The molecule has 0 unspecified atom stereocenters. The topological polar surface area (TPSA) is 88.4 Å². The molecule has 0 saturated carbocycles. The maximum absolute atomic E-state index is 12.0. The number of benzene rings is 1. The molecule has 9 heteroatoms. The maximum Gasteiger partial charge on any atom is 0.341 e. The second kappa shape index (κ2) is 7.89. The molecule has 1 aromatic carbocycles. The van der Waals surface area contributed by atoms with Crippen LogP contribution in [-0.2, 0) is 10.5 Å². The number of hydrogen-bond donors (Lipinski definition) is 0. The molecule has 144 valence electrons. The van der Waals surface area contributed by atoms with Gasteiger partial charge in [0, 0.05) is 18.0 Å². The summed E-state index contributed by atoms with van der Waals surface area (Å²) in [5.74, 6) is 2.45. The van der Waals surface area contributed by atoms with Crippen LogP contribution >= 0.6 is 11.8 Å². The number of aryl methyl sites for hydroxylation is 1. The number of carbonyl (C=O) groups is 1. The van der Waals surface area contributed by atoms with E-state index in [0.717, 1.165) is 27.8 Å². The van der Waals surface area contributed by atoms with Crippen LogP contribution in [0.2, 0.25) is 0 Å². The molecule has 2 aromatic heterocycles. The maximum atomic E-state index is 12.0. The third kappa shape index (κ3) is 3.79. The molecule has 28 heavy (non-hydrogen) atoms. The van der Waals surface area contributed by atoms with E-state index in [0.29, 0.717) is 23.7 Å². The lowest BCUT2D eigenvalue weighted by Gasteiger charge is -2.05. The van der Waals surface area contributed by atoms with Gasteiger partial charge in [0.05, 0.1) is 12.3 Å². The van der Waals surface area contributed by atoms with E-state index >= 15 is 0 Å². The van der Waals surface area contributed by atoms with Crippen LogP contribution in [-0.4, -0.2) is 39.1 Å². The smallest absolute Gasteiger partial charge is 0.341 e. The third-order valence-corrected chi connectivity index (χ3v) is 5.08. The molecule has 3 aromatic rings. The van der Waals surface area contributed by atoms with Crippen molar-refractivity contribution < 1.29 is 19.0 Å². The first kappa shape index (κ1) is 18.3. The molecule has 0 spiro atoms. The average Bonchev–Trinajstić information content (AvgIpc) is 3.33. The number of fused-ring (bicyclic) bond motifs is 1. The molecule has 0 N–H and O–H groups in total. The van der Waals surface area contributed by atoms with Crippen molar-refractivity contribution in [3.8, 4) is 17.3 Å². The number of carbonyl (C=O) groups excluding carboxylic acids is 1. The highest BCUT2D eigenvalue weighted by atomic mass is 32.2. The van der Waals surface area contributed by atoms with Crippen molar-refractivity contribution in [3.63, 3.8) is 0 Å². The van der Waals surface area contributed by atoms with Gasteiger partial charge in [-0.1, -0.05) is 6.07 Å². The number of ether oxygens (including phenoxy) is 3. The Bertz CT molecular complexity index is 1020. The van der Waals surface area contributed by atoms with Crippen molar-refractivity contribution >= 4 is 17.7 Å². The predicted octanol–water partition coefficient (Wildman–Crippen LogP) is 3.17. The lowest BCUT2D eigenvalue weighted by Crippen LogP contribution is -2.04. The number of hydrogen-bond acceptors (Lipinski definition) is 8. The van der Waals surface area contributed by atoms with Crippen LogP contribution < -0.4 is 9.47 Å². The van der Waals surface area contributed by atoms with Crippen LogP contribution in [0.1, 0.15) is 28.5 Å². The Morgan fingerprint density at radius 1 is 1.25 bits per heavy atom. The highest BCUT2D eigenvalue weighted by Gasteiger charge is 2.16. The molecule has 0 radical (unpaired) electrons. The third-order valence-electron chi connectivity index (χ3n) is 4.08. The summed E-state index contributed by atoms with van der Waals surface area (Å²) in [6.45, 7) is 4.11. The zero-order chi connectivity index (χ0) is 19.5. The van der Waals surface area contributed by atoms with Crippen LogP contribution in [0.5, 0.6) is 11.5 Å². The fourth-order valence-corrected chi connectivity index (χ4v) is 3.51. The molecule has 0 amide bonds. The minimum atomic E-state index is -0.391. The van der Waals surface area contributed by atoms with Crippen LogP contribution in [0.25, 0.3) is 5.82 Å². The van der Waals surface area contributed by atoms with Gasteiger partial charge in [-0.25, -0.2) is 19.4 Å². The summed E-state index contributed by atoms with van der Waals surface area (Å²) in [7, 11) is 0. The van der Waals surface area contributed by atoms with Gasteiger partial charge in [0.2, 0.25) is 6.79 Å². The second-order valence-electron chi connectivity index (χ2n) is 5.98. The molecule has 1 aliphatic heterocycles. The molecule has 0 fully saturated rings. The van der Waals surface area contributed by atoms with Crippen molar-refractivity contribution in [3.05, 3.63) is 53.6 Å². The number of thioether (sulfide) groups is 1. The van der Waals surface area contributed by atoms with Gasteiger partial charge in [0.1, 0.15) is 16.9 Å². The van der Waals surface area contributed by atoms with Crippen molar-refractivity contribution in [2.45, 2.75) is 24.6 Å². The summed E-state index contributed by atoms with van der Waals surface area (Å²) in [4.78, 5) is 20.6. The molecular weight excluding hydrogens is 380 g/mol. The summed E-state index contributed by atoms with van der Waals surface area (Å²) < 4.78 is 17.4. The summed E-state index contributed by atoms with van der Waals surface area (Å²) in [5, 5.41) is 5.17. The van der Waals surface area contributed by atoms with Gasteiger partial charge in [-0.3, -0.25) is 0 Å². The van der Waals surface area contributed by atoms with Gasteiger partial charge in [-0.2, -0.15) is 5.10 Å². The number of aromatic nitrogens is 4. The van der Waals surface area contributed by atoms with E-state index in [1.165, 1.54) is 6.33 Å². The number of esters is 1. The van der Waals surface area contributed by atoms with Crippen LogP contribution in [0.3, 0.4) is 0 Å². The molecule has 0 atom stereocenters. The lowest BCUT2D eigenvalue weighted by molar-refractivity contribution is 0.0525. The Morgan fingerprint density at radius 2 is 2.11 bits per heavy atom. The van der Waals surface area contributed by atoms with Crippen molar-refractivity contribution in [1.82, 2.24) is 19.7 Å². The fourth-order valence-electron chi connectivity index (χ4n) is 2.71. The summed E-state index contributed by atoms with van der Waals surface area (Å²) in [6.07, 6.45) is 3.11. The van der Waals surface area contributed by atoms with E-state index < -0.39 is 5.97 Å². The number of nitrogens with zero attached hydrogens (tertiary/aromatic N) is 4. The van der Waals surface area contributed by atoms with Gasteiger partial charge in [0.15, 0.2) is 17.3 Å². The van der Waals surface area contributed by atoms with Gasteiger partial charge in [0.25, 0.3) is 0 Å². The van der Waals surface area contributed by atoms with Gasteiger partial charge < -0.3 is 14.2 Å². The van der Waals surface area contributed by atoms with Crippen LogP contribution in [0.15, 0.2) is 41.8 Å². The molecule has 4 rings (SSSR count). The molecule has 8 nitrogen and oxygen atoms in total. The Labute approximate surface area is 165 Å². The highest BCUT2D eigenvalue weighted by Crippen LogP contribution is 2.34. The van der Waals surface area contributed by atoms with E-state index in [2.05, 4.69) is 15.1 Å². The first-order chi connectivity index (χ1) is 13.6. The molecule has 0 aliphatic carbocycles. The Balaban J connectivity index is 1.49. The van der Waals surface area contributed by atoms with Gasteiger partial charge in [-0.05, 0) is 31.5 Å². The molecule has 1 aliphatic rings. The molecular formula is C19H18N4O4S. The van der Waals surface area contributed by atoms with Crippen molar-refractivity contribution in [1.29, 1.82) is 0 Å². The summed E-state index contributed by atoms with van der Waals surface area (Å²) in [6, 6.07) is 7.72. The zero-order valence-corrected chi connectivity index (χ0v) is 16.2. The zero-order valence-electron chi connectivity index (χ0n) is 15.4. The Hall–Kier alpha value is -3.07. The van der Waals surface area contributed by atoms with E-state index in [4.69, 9.17) is 14.2 Å². The first-order valence-electron chi connectivity index (χ1n) is 8.71. The predicted molar refractivity (Wildman–Crippen MR) is 102 cm³/mol. The highest BCUT2D eigenvalue weighted by molar-refractivity contribution is 7.98. The molecule has 0 saturated heterocycles. The SMILES string of the molecule is CCOC(=O)c1cn(-c2cc(SCc3ccc4c(c3)OCO4)ncn2)nc1C. The minimum absolute atomic E-state index is 0.262. The van der Waals surface area contributed by atoms with E-state index in [1.807, 2.05) is 24.3 Å². The lowest BCUT2D eigenvalue weighted by atomic mass is 10.2. The van der Waals surface area contributed by atoms with E-state index in [-0.39, 0.29) is 6.79 Å². The van der Waals surface area contributed by atoms with E-state index in [9.17, 15) is 4.79 Å². The molecule has 3 heterocycles. The second-order valence-corrected chi connectivity index (χ2v) is 6.98. The normalized spacial score (nSPS) is 12.2. The quantitative estimate of drug-likeness (QED) is 0.355. The average molecular weight is 398 g/mol. The Kier molecular flexibility index (Phi) is 5.16. The van der Waals surface area contributed by atoms with Crippen molar-refractivity contribution in [2.75, 3.05) is 13.4 Å². The molecule has 0 bridgehead atoms. The minimum Gasteiger partial charge on any atom is -0.462 e. The monoisotopic (exact) mass is 398 g/mol. The van der Waals surface area contributed by atoms with E-state index in [1.54, 1.807) is 36.5 Å². The summed E-state index contributed by atoms with van der Waals surface area (Å²) >= 11 is 1.57. The van der Waals surface area contributed by atoms with Gasteiger partial charge >= 0.3 is 5.97 Å². The van der Waals surface area contributed by atoms with Crippen LogP contribution in [0.4, 0.5) is 0 Å². The standard InChI is InChI=1S/C19H18N4O4S/c1-3-25-19(24)14-8-23(22-12(14)2)17-7-18(21-10-20-17)28-9-13-4-5-15-16(6-13)27-11-26-15/h4-8,10H,3,9,11H2,1-2H3. The fraction of sp³-hybridized carbons (Fsp3) is 0.263. The van der Waals surface area contributed by atoms with Crippen molar-refractivity contribution in [2.24, 2.45) is 0 Å². The van der Waals surface area contributed by atoms with Crippen LogP contribution in [0, 0.1) is 6.92 Å². The summed E-state index contributed by atoms with van der Waals surface area (Å²) in [5.41, 5.74) is 2.12. The largest absolute Gasteiger partial charge is 0.462 e. The van der Waals surface area contributed by atoms with Gasteiger partial charge in [-0.15, -0.1) is 11.8 Å². The first-order valence-corrected chi connectivity index (χ1v) is 9.69. The Morgan fingerprint density at radius 3 is 2.96 bits per heavy atom. The number of rotatable bonds is 6.